The lowest BCUT2D eigenvalue weighted by molar-refractivity contribution is 0.415. The molecule has 0 unspecified atom stereocenters. The average Bonchev–Trinajstić information content (AvgIpc) is 2.84. The number of fused-ring (bicyclic) bond motifs is 1. The van der Waals surface area contributed by atoms with E-state index >= 15 is 0 Å². The number of hydrogen-bond acceptors (Lipinski definition) is 4. The minimum atomic E-state index is 0.550. The van der Waals surface area contributed by atoms with Crippen LogP contribution < -0.4 is 10.5 Å². The maximum atomic E-state index is 6.04. The molecule has 2 aromatic carbocycles. The molecule has 19 heavy (non-hydrogen) atoms. The topological polar surface area (TPSA) is 48.1 Å². The largest absolute Gasteiger partial charge is 0.497 e. The van der Waals surface area contributed by atoms with Gasteiger partial charge in [-0.05, 0) is 30.3 Å². The number of para-hydroxylation sites is 1. The molecule has 1 aromatic heterocycles. The number of nitrogen functional groups attached to an aromatic ring is 1. The summed E-state index contributed by atoms with van der Waals surface area (Å²) in [7, 11) is 1.65. The average molecular weight is 291 g/mol. The molecule has 0 radical (unpaired) electrons. The SMILES string of the molecule is COc1ccc2nc(-c3cccc(Cl)c3N)sc2c1. The van der Waals surface area contributed by atoms with E-state index in [1.165, 1.54) is 0 Å². The number of rotatable bonds is 2. The van der Waals surface area contributed by atoms with Crippen LogP contribution in [0.5, 0.6) is 5.75 Å². The number of aromatic nitrogens is 1. The predicted octanol–water partition coefficient (Wildman–Crippen LogP) is 4.21. The normalized spacial score (nSPS) is 10.8. The van der Waals surface area contributed by atoms with Crippen LogP contribution in [0.4, 0.5) is 5.69 Å². The highest BCUT2D eigenvalue weighted by Gasteiger charge is 2.11. The highest BCUT2D eigenvalue weighted by Crippen LogP contribution is 2.37. The van der Waals surface area contributed by atoms with Crippen LogP contribution in [0.2, 0.25) is 5.02 Å². The fourth-order valence-electron chi connectivity index (χ4n) is 1.87. The quantitative estimate of drug-likeness (QED) is 0.719. The Kier molecular flexibility index (Phi) is 3.05. The van der Waals surface area contributed by atoms with Crippen LogP contribution in [0.1, 0.15) is 0 Å². The molecule has 0 spiro atoms. The third-order valence-electron chi connectivity index (χ3n) is 2.88. The fourth-order valence-corrected chi connectivity index (χ4v) is 3.08. The Morgan fingerprint density at radius 3 is 2.89 bits per heavy atom. The first-order chi connectivity index (χ1) is 9.19. The van der Waals surface area contributed by atoms with Gasteiger partial charge in [-0.1, -0.05) is 17.7 Å². The Bertz CT molecular complexity index is 754. The van der Waals surface area contributed by atoms with E-state index in [1.54, 1.807) is 24.5 Å². The van der Waals surface area contributed by atoms with E-state index in [4.69, 9.17) is 22.1 Å². The van der Waals surface area contributed by atoms with Crippen molar-refractivity contribution in [2.75, 3.05) is 12.8 Å². The first-order valence-electron chi connectivity index (χ1n) is 5.68. The van der Waals surface area contributed by atoms with Crippen molar-refractivity contribution in [3.8, 4) is 16.3 Å². The van der Waals surface area contributed by atoms with E-state index in [9.17, 15) is 0 Å². The van der Waals surface area contributed by atoms with Crippen LogP contribution in [-0.2, 0) is 0 Å². The minimum absolute atomic E-state index is 0.550. The number of hydrogen-bond donors (Lipinski definition) is 1. The van der Waals surface area contributed by atoms with E-state index < -0.39 is 0 Å². The monoisotopic (exact) mass is 290 g/mol. The zero-order valence-electron chi connectivity index (χ0n) is 10.2. The summed E-state index contributed by atoms with van der Waals surface area (Å²) < 4.78 is 6.28. The predicted molar refractivity (Wildman–Crippen MR) is 81.0 cm³/mol. The highest BCUT2D eigenvalue weighted by molar-refractivity contribution is 7.21. The Labute approximate surface area is 119 Å². The van der Waals surface area contributed by atoms with Gasteiger partial charge >= 0.3 is 0 Å². The smallest absolute Gasteiger partial charge is 0.126 e. The summed E-state index contributed by atoms with van der Waals surface area (Å²) in [5, 5.41) is 1.41. The maximum absolute atomic E-state index is 6.04. The zero-order valence-corrected chi connectivity index (χ0v) is 11.8. The second-order valence-corrected chi connectivity index (χ2v) is 5.49. The molecule has 0 saturated heterocycles. The van der Waals surface area contributed by atoms with Gasteiger partial charge in [0, 0.05) is 5.56 Å². The lowest BCUT2D eigenvalue weighted by atomic mass is 10.2. The van der Waals surface area contributed by atoms with Gasteiger partial charge in [0.2, 0.25) is 0 Å². The number of nitrogens with two attached hydrogens (primary N) is 1. The van der Waals surface area contributed by atoms with Crippen LogP contribution in [0, 0.1) is 0 Å². The lowest BCUT2D eigenvalue weighted by Crippen LogP contribution is -1.90. The third-order valence-corrected chi connectivity index (χ3v) is 4.26. The van der Waals surface area contributed by atoms with E-state index in [-0.39, 0.29) is 0 Å². The number of thiazole rings is 1. The van der Waals surface area contributed by atoms with Gasteiger partial charge < -0.3 is 10.5 Å². The van der Waals surface area contributed by atoms with Gasteiger partial charge in [0.25, 0.3) is 0 Å². The van der Waals surface area contributed by atoms with Gasteiger partial charge in [0.15, 0.2) is 0 Å². The molecule has 0 saturated carbocycles. The minimum Gasteiger partial charge on any atom is -0.497 e. The summed E-state index contributed by atoms with van der Waals surface area (Å²) in [5.41, 5.74) is 8.37. The molecule has 0 aliphatic heterocycles. The lowest BCUT2D eigenvalue weighted by Gasteiger charge is -2.02. The summed E-state index contributed by atoms with van der Waals surface area (Å²) in [6.07, 6.45) is 0. The van der Waals surface area contributed by atoms with Gasteiger partial charge in [0.05, 0.1) is 28.0 Å². The molecule has 3 nitrogen and oxygen atoms in total. The number of halogens is 1. The maximum Gasteiger partial charge on any atom is 0.126 e. The van der Waals surface area contributed by atoms with Crippen LogP contribution in [-0.4, -0.2) is 12.1 Å². The summed E-state index contributed by atoms with van der Waals surface area (Å²) in [6.45, 7) is 0. The first-order valence-corrected chi connectivity index (χ1v) is 6.87. The number of ether oxygens (including phenoxy) is 1. The van der Waals surface area contributed by atoms with Crippen molar-refractivity contribution in [3.05, 3.63) is 41.4 Å². The van der Waals surface area contributed by atoms with E-state index in [0.29, 0.717) is 10.7 Å². The summed E-state index contributed by atoms with van der Waals surface area (Å²) in [4.78, 5) is 4.58. The molecule has 3 aromatic rings. The van der Waals surface area contributed by atoms with E-state index in [2.05, 4.69) is 4.98 Å². The van der Waals surface area contributed by atoms with Crippen LogP contribution in [0.15, 0.2) is 36.4 Å². The number of methoxy groups -OCH3 is 1. The van der Waals surface area contributed by atoms with E-state index in [1.807, 2.05) is 30.3 Å². The molecule has 2 N–H and O–H groups in total. The second-order valence-electron chi connectivity index (χ2n) is 4.05. The van der Waals surface area contributed by atoms with Gasteiger partial charge in [-0.25, -0.2) is 4.98 Å². The molecule has 0 fully saturated rings. The summed E-state index contributed by atoms with van der Waals surface area (Å²) in [5.74, 6) is 0.821. The van der Waals surface area contributed by atoms with Crippen molar-refractivity contribution in [2.45, 2.75) is 0 Å². The van der Waals surface area contributed by atoms with Crippen molar-refractivity contribution in [1.29, 1.82) is 0 Å². The zero-order chi connectivity index (χ0) is 13.4. The highest BCUT2D eigenvalue weighted by atomic mass is 35.5. The third kappa shape index (κ3) is 2.13. The van der Waals surface area contributed by atoms with Gasteiger partial charge in [-0.2, -0.15) is 0 Å². The Morgan fingerprint density at radius 2 is 2.11 bits per heavy atom. The molecule has 3 rings (SSSR count). The Hall–Kier alpha value is -1.78. The molecule has 96 valence electrons. The molecule has 0 amide bonds. The Morgan fingerprint density at radius 1 is 1.26 bits per heavy atom. The van der Waals surface area contributed by atoms with Crippen LogP contribution in [0.25, 0.3) is 20.8 Å². The van der Waals surface area contributed by atoms with Crippen molar-refractivity contribution in [2.24, 2.45) is 0 Å². The fraction of sp³-hybridized carbons (Fsp3) is 0.0714. The molecule has 0 bridgehead atoms. The molecular weight excluding hydrogens is 280 g/mol. The number of benzene rings is 2. The van der Waals surface area contributed by atoms with Gasteiger partial charge in [-0.3, -0.25) is 0 Å². The number of anilines is 1. The Balaban J connectivity index is 2.18. The molecular formula is C14H11ClN2OS. The van der Waals surface area contributed by atoms with Crippen molar-refractivity contribution in [3.63, 3.8) is 0 Å². The van der Waals surface area contributed by atoms with Crippen LogP contribution in [0.3, 0.4) is 0 Å². The standard InChI is InChI=1S/C14H11ClN2OS/c1-18-8-5-6-11-12(7-8)19-14(17-11)9-3-2-4-10(15)13(9)16/h2-7H,16H2,1H3. The van der Waals surface area contributed by atoms with Crippen LogP contribution >= 0.6 is 22.9 Å². The van der Waals surface area contributed by atoms with Crippen molar-refractivity contribution >= 4 is 38.8 Å². The van der Waals surface area contributed by atoms with Gasteiger partial charge in [-0.15, -0.1) is 11.3 Å². The number of nitrogens with zero attached hydrogens (tertiary/aromatic N) is 1. The van der Waals surface area contributed by atoms with Gasteiger partial charge in [0.1, 0.15) is 10.8 Å². The van der Waals surface area contributed by atoms with Crippen molar-refractivity contribution < 1.29 is 4.74 Å². The van der Waals surface area contributed by atoms with Crippen molar-refractivity contribution in [1.82, 2.24) is 4.98 Å². The molecule has 1 heterocycles. The molecule has 0 aliphatic carbocycles. The summed E-state index contributed by atoms with van der Waals surface area (Å²) >= 11 is 7.61. The molecule has 0 aliphatic rings. The molecule has 0 atom stereocenters. The molecule has 5 heteroatoms. The second kappa shape index (κ2) is 4.72. The summed E-state index contributed by atoms with van der Waals surface area (Å²) in [6, 6.07) is 11.4. The first kappa shape index (κ1) is 12.3. The van der Waals surface area contributed by atoms with E-state index in [0.717, 1.165) is 26.5 Å².